The molecule has 10 rings (SSSR count). The molecule has 0 spiro atoms. The summed E-state index contributed by atoms with van der Waals surface area (Å²) in [4.78, 5) is 21.4. The normalized spacial score (nSPS) is 11.3. The molecule has 258 valence electrons. The fourth-order valence-electron chi connectivity index (χ4n) is 7.20. The van der Waals surface area contributed by atoms with Crippen molar-refractivity contribution in [3.05, 3.63) is 194 Å². The Morgan fingerprint density at radius 2 is 0.745 bits per heavy atom. The predicted octanol–water partition coefficient (Wildman–Crippen LogP) is 13.3. The van der Waals surface area contributed by atoms with E-state index in [4.69, 9.17) is 19.9 Å². The van der Waals surface area contributed by atoms with E-state index < -0.39 is 0 Å². The third-order valence-electron chi connectivity index (χ3n) is 9.92. The van der Waals surface area contributed by atoms with E-state index in [9.17, 15) is 0 Å². The third kappa shape index (κ3) is 6.37. The minimum Gasteiger partial charge on any atom is -0.228 e. The molecule has 0 N–H and O–H groups in total. The van der Waals surface area contributed by atoms with Gasteiger partial charge in [0.25, 0.3) is 0 Å². The summed E-state index contributed by atoms with van der Waals surface area (Å²) in [7, 11) is 0. The van der Waals surface area contributed by atoms with Crippen LogP contribution in [0.25, 0.3) is 99.1 Å². The topological polar surface area (TPSA) is 51.6 Å². The Kier molecular flexibility index (Phi) is 8.32. The average Bonchev–Trinajstić information content (AvgIpc) is 3.66. The zero-order valence-electron chi connectivity index (χ0n) is 29.7. The van der Waals surface area contributed by atoms with E-state index in [0.29, 0.717) is 5.82 Å². The highest BCUT2D eigenvalue weighted by Crippen LogP contribution is 2.40. The van der Waals surface area contributed by atoms with Crippen molar-refractivity contribution < 1.29 is 0 Å². The third-order valence-corrected chi connectivity index (χ3v) is 11.0. The second-order valence-electron chi connectivity index (χ2n) is 13.5. The lowest BCUT2D eigenvalue weighted by Crippen LogP contribution is -1.96. The quantitative estimate of drug-likeness (QED) is 0.164. The summed E-state index contributed by atoms with van der Waals surface area (Å²) in [5, 5.41) is 2.28. The Balaban J connectivity index is 1.05. The van der Waals surface area contributed by atoms with Crippen LogP contribution < -0.4 is 0 Å². The zero-order valence-corrected chi connectivity index (χ0v) is 30.5. The van der Waals surface area contributed by atoms with Crippen LogP contribution in [0, 0.1) is 0 Å². The number of nitrogens with zero attached hydrogens (tertiary/aromatic N) is 4. The molecule has 55 heavy (non-hydrogen) atoms. The molecule has 0 aliphatic carbocycles. The number of benzene rings is 7. The predicted molar refractivity (Wildman–Crippen MR) is 229 cm³/mol. The van der Waals surface area contributed by atoms with Crippen LogP contribution in [0.15, 0.2) is 194 Å². The van der Waals surface area contributed by atoms with Gasteiger partial charge in [0.1, 0.15) is 4.83 Å². The van der Waals surface area contributed by atoms with Crippen LogP contribution in [-0.4, -0.2) is 19.9 Å². The lowest BCUT2D eigenvalue weighted by molar-refractivity contribution is 1.18. The second-order valence-corrected chi connectivity index (χ2v) is 14.5. The van der Waals surface area contributed by atoms with Gasteiger partial charge in [-0.2, -0.15) is 0 Å². The summed E-state index contributed by atoms with van der Waals surface area (Å²) in [6.45, 7) is 0. The molecule has 7 aromatic carbocycles. The fourth-order valence-corrected chi connectivity index (χ4v) is 8.27. The SMILES string of the molecule is c1ccc(-c2cc(-c3cccc(-c4cccc(-c5cccc(-c6nc(-c7ccccc7)nc7sc8ccccc8c67)c5)c4)c3)nc(-c3ccccc3)n2)cc1. The van der Waals surface area contributed by atoms with Crippen molar-refractivity contribution in [2.24, 2.45) is 0 Å². The summed E-state index contributed by atoms with van der Waals surface area (Å²) in [5.74, 6) is 1.44. The molecule has 0 saturated heterocycles. The maximum absolute atomic E-state index is 5.24. The highest BCUT2D eigenvalue weighted by Gasteiger charge is 2.18. The minimum absolute atomic E-state index is 0.705. The molecule has 4 nitrogen and oxygen atoms in total. The van der Waals surface area contributed by atoms with E-state index in [-0.39, 0.29) is 0 Å². The lowest BCUT2D eigenvalue weighted by Gasteiger charge is -2.12. The monoisotopic (exact) mass is 720 g/mol. The first-order valence-electron chi connectivity index (χ1n) is 18.3. The molecule has 0 aliphatic heterocycles. The highest BCUT2D eigenvalue weighted by atomic mass is 32.1. The Morgan fingerprint density at radius 3 is 1.36 bits per heavy atom. The smallest absolute Gasteiger partial charge is 0.161 e. The average molecular weight is 721 g/mol. The minimum atomic E-state index is 0.705. The molecule has 3 aromatic heterocycles. The summed E-state index contributed by atoms with van der Waals surface area (Å²) in [6.07, 6.45) is 0. The molecular weight excluding hydrogens is 689 g/mol. The van der Waals surface area contributed by atoms with Gasteiger partial charge in [0.05, 0.1) is 17.1 Å². The van der Waals surface area contributed by atoms with Crippen molar-refractivity contribution in [3.8, 4) is 78.8 Å². The summed E-state index contributed by atoms with van der Waals surface area (Å²) >= 11 is 1.72. The molecule has 0 saturated carbocycles. The zero-order chi connectivity index (χ0) is 36.6. The van der Waals surface area contributed by atoms with Gasteiger partial charge in [-0.1, -0.05) is 164 Å². The van der Waals surface area contributed by atoms with Crippen molar-refractivity contribution in [2.75, 3.05) is 0 Å². The molecule has 0 fully saturated rings. The van der Waals surface area contributed by atoms with Crippen molar-refractivity contribution in [1.82, 2.24) is 19.9 Å². The van der Waals surface area contributed by atoms with Gasteiger partial charge in [-0.25, -0.2) is 19.9 Å². The van der Waals surface area contributed by atoms with Gasteiger partial charge in [0, 0.05) is 43.3 Å². The van der Waals surface area contributed by atoms with Gasteiger partial charge < -0.3 is 0 Å². The molecule has 0 atom stereocenters. The van der Waals surface area contributed by atoms with Gasteiger partial charge in [0.15, 0.2) is 11.6 Å². The number of aromatic nitrogens is 4. The van der Waals surface area contributed by atoms with Gasteiger partial charge in [-0.15, -0.1) is 11.3 Å². The molecule has 0 radical (unpaired) electrons. The van der Waals surface area contributed by atoms with Crippen molar-refractivity contribution in [2.45, 2.75) is 0 Å². The molecular formula is C50H32N4S. The van der Waals surface area contributed by atoms with Gasteiger partial charge in [0.2, 0.25) is 0 Å². The Bertz CT molecular complexity index is 2920. The standard InChI is InChI=1S/C50H32N4S/c1-4-15-33(16-5-1)43-32-44(52-48(51-43)34-17-6-2-7-18-34)40-25-13-23-38(30-40)36-21-12-22-37(29-36)39-24-14-26-41(31-39)47-46-42-27-10-11-28-45(42)55-50(46)54-49(53-47)35-19-8-3-9-20-35/h1-32H. The maximum atomic E-state index is 5.24. The van der Waals surface area contributed by atoms with E-state index in [1.54, 1.807) is 11.3 Å². The van der Waals surface area contributed by atoms with E-state index in [0.717, 1.165) is 83.2 Å². The Hall–Kier alpha value is -7.08. The van der Waals surface area contributed by atoms with E-state index in [1.165, 1.54) is 10.1 Å². The van der Waals surface area contributed by atoms with Crippen molar-refractivity contribution >= 4 is 31.6 Å². The Morgan fingerprint density at radius 1 is 0.309 bits per heavy atom. The summed E-state index contributed by atoms with van der Waals surface area (Å²) < 4.78 is 1.21. The van der Waals surface area contributed by atoms with Crippen LogP contribution in [0.5, 0.6) is 0 Å². The number of rotatable bonds is 7. The second kappa shape index (κ2) is 14.0. The highest BCUT2D eigenvalue weighted by molar-refractivity contribution is 7.25. The maximum Gasteiger partial charge on any atom is 0.161 e. The van der Waals surface area contributed by atoms with Crippen LogP contribution in [0.2, 0.25) is 0 Å². The van der Waals surface area contributed by atoms with E-state index >= 15 is 0 Å². The van der Waals surface area contributed by atoms with Gasteiger partial charge in [-0.3, -0.25) is 0 Å². The van der Waals surface area contributed by atoms with E-state index in [2.05, 4.69) is 140 Å². The number of hydrogen-bond acceptors (Lipinski definition) is 5. The largest absolute Gasteiger partial charge is 0.228 e. The molecule has 0 unspecified atom stereocenters. The first kappa shape index (κ1) is 32.6. The van der Waals surface area contributed by atoms with Gasteiger partial charge in [-0.05, 0) is 52.6 Å². The van der Waals surface area contributed by atoms with Crippen molar-refractivity contribution in [1.29, 1.82) is 0 Å². The number of thiophene rings is 1. The first-order valence-corrected chi connectivity index (χ1v) is 19.1. The summed E-state index contributed by atoms with van der Waals surface area (Å²) in [5.41, 5.74) is 12.4. The van der Waals surface area contributed by atoms with Crippen LogP contribution in [0.4, 0.5) is 0 Å². The van der Waals surface area contributed by atoms with Gasteiger partial charge >= 0.3 is 0 Å². The molecule has 5 heteroatoms. The van der Waals surface area contributed by atoms with Crippen molar-refractivity contribution in [3.63, 3.8) is 0 Å². The summed E-state index contributed by atoms with van der Waals surface area (Å²) in [6, 6.07) is 67.5. The van der Waals surface area contributed by atoms with Crippen LogP contribution in [0.1, 0.15) is 0 Å². The molecule has 3 heterocycles. The number of fused-ring (bicyclic) bond motifs is 3. The van der Waals surface area contributed by atoms with Crippen LogP contribution in [0.3, 0.4) is 0 Å². The fraction of sp³-hybridized carbons (Fsp3) is 0. The number of hydrogen-bond donors (Lipinski definition) is 0. The van der Waals surface area contributed by atoms with Crippen LogP contribution in [-0.2, 0) is 0 Å². The van der Waals surface area contributed by atoms with E-state index in [1.807, 2.05) is 54.6 Å². The molecule has 0 bridgehead atoms. The Labute approximate surface area is 323 Å². The first-order chi connectivity index (χ1) is 27.2. The molecule has 0 amide bonds. The molecule has 10 aromatic rings. The lowest BCUT2D eigenvalue weighted by atomic mass is 9.95. The molecule has 0 aliphatic rings. The van der Waals surface area contributed by atoms with Crippen LogP contribution >= 0.6 is 11.3 Å².